The average Bonchev–Trinajstić information content (AvgIpc) is 2.73. The maximum absolute atomic E-state index is 5.58. The monoisotopic (exact) mass is 292 g/mol. The summed E-state index contributed by atoms with van der Waals surface area (Å²) in [5.74, 6) is 0. The zero-order valence-electron chi connectivity index (χ0n) is 11.5. The number of thioether (sulfide) groups is 1. The Bertz CT molecular complexity index is 641. The molecule has 19 heavy (non-hydrogen) atoms. The first-order valence-electron chi connectivity index (χ1n) is 6.94. The van der Waals surface area contributed by atoms with Crippen LogP contribution in [0.5, 0.6) is 0 Å². The number of aromatic nitrogens is 2. The molecular formula is C15H20N2S2. The Morgan fingerprint density at radius 2 is 2.11 bits per heavy atom. The molecule has 0 radical (unpaired) electrons. The molecule has 2 nitrogen and oxygen atoms in total. The first-order chi connectivity index (χ1) is 9.20. The average molecular weight is 292 g/mol. The summed E-state index contributed by atoms with van der Waals surface area (Å²) in [5.41, 5.74) is 3.72. The van der Waals surface area contributed by atoms with Crippen LogP contribution in [0.25, 0.3) is 11.0 Å². The lowest BCUT2D eigenvalue weighted by Crippen LogP contribution is -2.25. The van der Waals surface area contributed by atoms with Crippen LogP contribution < -0.4 is 0 Å². The van der Waals surface area contributed by atoms with Gasteiger partial charge in [0.2, 0.25) is 0 Å². The van der Waals surface area contributed by atoms with Crippen molar-refractivity contribution in [2.75, 3.05) is 6.26 Å². The van der Waals surface area contributed by atoms with Crippen molar-refractivity contribution in [3.8, 4) is 0 Å². The number of rotatable bonds is 2. The van der Waals surface area contributed by atoms with Gasteiger partial charge >= 0.3 is 0 Å². The fraction of sp³-hybridized carbons (Fsp3) is 0.533. The summed E-state index contributed by atoms with van der Waals surface area (Å²) < 4.78 is 3.25. The molecule has 3 rings (SSSR count). The fourth-order valence-corrected chi connectivity index (χ4v) is 4.54. The van der Waals surface area contributed by atoms with Gasteiger partial charge in [0.25, 0.3) is 0 Å². The maximum atomic E-state index is 5.58. The lowest BCUT2D eigenvalue weighted by atomic mass is 9.94. The van der Waals surface area contributed by atoms with Crippen molar-refractivity contribution < 1.29 is 0 Å². The molecule has 1 N–H and O–H groups in total. The van der Waals surface area contributed by atoms with Crippen molar-refractivity contribution in [2.45, 2.75) is 43.9 Å². The Kier molecular flexibility index (Phi) is 3.72. The van der Waals surface area contributed by atoms with E-state index in [0.29, 0.717) is 11.3 Å². The minimum absolute atomic E-state index is 0.549. The van der Waals surface area contributed by atoms with Crippen LogP contribution in [0.4, 0.5) is 0 Å². The molecule has 1 saturated carbocycles. The zero-order chi connectivity index (χ0) is 13.4. The summed E-state index contributed by atoms with van der Waals surface area (Å²) in [6.07, 6.45) is 7.47. The Morgan fingerprint density at radius 3 is 2.89 bits per heavy atom. The van der Waals surface area contributed by atoms with Crippen molar-refractivity contribution in [1.29, 1.82) is 0 Å². The number of imidazole rings is 1. The molecule has 0 amide bonds. The van der Waals surface area contributed by atoms with Gasteiger partial charge in [0.15, 0.2) is 4.77 Å². The predicted octanol–water partition coefficient (Wildman–Crippen LogP) is 4.85. The van der Waals surface area contributed by atoms with Crippen LogP contribution in [0.2, 0.25) is 0 Å². The third-order valence-corrected chi connectivity index (χ3v) is 5.63. The number of nitrogens with zero attached hydrogens (tertiary/aromatic N) is 1. The van der Waals surface area contributed by atoms with Gasteiger partial charge in [-0.1, -0.05) is 18.9 Å². The summed E-state index contributed by atoms with van der Waals surface area (Å²) in [4.78, 5) is 3.38. The summed E-state index contributed by atoms with van der Waals surface area (Å²) in [6.45, 7) is 2.12. The molecule has 102 valence electrons. The molecule has 0 saturated heterocycles. The third-order valence-electron chi connectivity index (χ3n) is 4.17. The number of hydrogen-bond acceptors (Lipinski definition) is 2. The van der Waals surface area contributed by atoms with Gasteiger partial charge in [-0.3, -0.25) is 0 Å². The normalized spacial score (nSPS) is 23.9. The van der Waals surface area contributed by atoms with Gasteiger partial charge in [0, 0.05) is 11.3 Å². The highest BCUT2D eigenvalue weighted by atomic mass is 32.2. The van der Waals surface area contributed by atoms with E-state index in [9.17, 15) is 0 Å². The van der Waals surface area contributed by atoms with Crippen molar-refractivity contribution in [1.82, 2.24) is 9.55 Å². The van der Waals surface area contributed by atoms with Crippen molar-refractivity contribution >= 4 is 35.0 Å². The number of aromatic amines is 1. The smallest absolute Gasteiger partial charge is 0.178 e. The first-order valence-corrected chi connectivity index (χ1v) is 8.64. The van der Waals surface area contributed by atoms with Crippen molar-refractivity contribution in [3.63, 3.8) is 0 Å². The van der Waals surface area contributed by atoms with Crippen molar-refractivity contribution in [3.05, 3.63) is 28.5 Å². The summed E-state index contributed by atoms with van der Waals surface area (Å²) in [7, 11) is 0. The minimum atomic E-state index is 0.549. The molecule has 1 fully saturated rings. The second-order valence-electron chi connectivity index (χ2n) is 5.45. The number of aryl methyl sites for hydroxylation is 1. The van der Waals surface area contributed by atoms with E-state index < -0.39 is 0 Å². The van der Waals surface area contributed by atoms with E-state index in [-0.39, 0.29) is 0 Å². The highest BCUT2D eigenvalue weighted by molar-refractivity contribution is 7.99. The quantitative estimate of drug-likeness (QED) is 0.798. The Labute approximate surface area is 123 Å². The van der Waals surface area contributed by atoms with E-state index in [0.717, 1.165) is 4.77 Å². The molecule has 4 heteroatoms. The molecule has 1 aliphatic carbocycles. The lowest BCUT2D eigenvalue weighted by Gasteiger charge is -2.31. The molecule has 1 heterocycles. The number of fused-ring (bicyclic) bond motifs is 1. The Morgan fingerprint density at radius 1 is 1.32 bits per heavy atom. The van der Waals surface area contributed by atoms with Gasteiger partial charge in [-0.25, -0.2) is 0 Å². The Balaban J connectivity index is 2.13. The zero-order valence-corrected chi connectivity index (χ0v) is 13.1. The minimum Gasteiger partial charge on any atom is -0.331 e. The summed E-state index contributed by atoms with van der Waals surface area (Å²) in [5, 5.41) is 0.695. The van der Waals surface area contributed by atoms with Gasteiger partial charge in [-0.05, 0) is 55.9 Å². The van der Waals surface area contributed by atoms with Crippen LogP contribution >= 0.6 is 24.0 Å². The van der Waals surface area contributed by atoms with Gasteiger partial charge in [0.1, 0.15) is 0 Å². The van der Waals surface area contributed by atoms with Gasteiger partial charge in [0.05, 0.1) is 11.0 Å². The third kappa shape index (κ3) is 2.36. The number of benzene rings is 1. The SMILES string of the molecule is CSC1CCCCC1n1c(=S)[nH]c2cc(C)ccc21. The molecule has 1 aliphatic rings. The number of hydrogen-bond donors (Lipinski definition) is 1. The lowest BCUT2D eigenvalue weighted by molar-refractivity contribution is 0.369. The van der Waals surface area contributed by atoms with Gasteiger partial charge in [-0.2, -0.15) is 11.8 Å². The van der Waals surface area contributed by atoms with E-state index in [1.54, 1.807) is 0 Å². The van der Waals surface area contributed by atoms with Crippen LogP contribution in [-0.4, -0.2) is 21.1 Å². The van der Waals surface area contributed by atoms with E-state index in [1.165, 1.54) is 42.3 Å². The molecular weight excluding hydrogens is 272 g/mol. The van der Waals surface area contributed by atoms with E-state index in [1.807, 2.05) is 11.8 Å². The van der Waals surface area contributed by atoms with Crippen molar-refractivity contribution in [2.24, 2.45) is 0 Å². The molecule has 0 spiro atoms. The standard InChI is InChI=1S/C15H20N2S2/c1-10-7-8-12-11(9-10)16-15(18)17(12)13-5-3-4-6-14(13)19-2/h7-9,13-14H,3-6H2,1-2H3,(H,16,18). The molecule has 0 aliphatic heterocycles. The van der Waals surface area contributed by atoms with Crippen LogP contribution in [0, 0.1) is 11.7 Å². The van der Waals surface area contributed by atoms with Crippen LogP contribution in [0.15, 0.2) is 18.2 Å². The van der Waals surface area contributed by atoms with Crippen LogP contribution in [0.1, 0.15) is 37.3 Å². The maximum Gasteiger partial charge on any atom is 0.178 e. The molecule has 1 aromatic carbocycles. The number of H-pyrrole nitrogens is 1. The first kappa shape index (κ1) is 13.3. The largest absolute Gasteiger partial charge is 0.331 e. The van der Waals surface area contributed by atoms with Crippen LogP contribution in [-0.2, 0) is 0 Å². The van der Waals surface area contributed by atoms with E-state index in [2.05, 4.69) is 40.9 Å². The molecule has 2 unspecified atom stereocenters. The molecule has 2 atom stereocenters. The fourth-order valence-electron chi connectivity index (χ4n) is 3.22. The molecule has 1 aromatic heterocycles. The highest BCUT2D eigenvalue weighted by Gasteiger charge is 2.27. The number of nitrogens with one attached hydrogen (secondary N) is 1. The predicted molar refractivity (Wildman–Crippen MR) is 86.7 cm³/mol. The van der Waals surface area contributed by atoms with Crippen LogP contribution in [0.3, 0.4) is 0 Å². The van der Waals surface area contributed by atoms with Gasteiger partial charge < -0.3 is 9.55 Å². The topological polar surface area (TPSA) is 20.7 Å². The molecule has 0 bridgehead atoms. The van der Waals surface area contributed by atoms with E-state index in [4.69, 9.17) is 12.2 Å². The summed E-state index contributed by atoms with van der Waals surface area (Å²) in [6, 6.07) is 7.13. The Hall–Kier alpha value is -0.740. The van der Waals surface area contributed by atoms with Gasteiger partial charge in [-0.15, -0.1) is 0 Å². The second-order valence-corrected chi connectivity index (χ2v) is 6.91. The second kappa shape index (κ2) is 5.33. The summed E-state index contributed by atoms with van der Waals surface area (Å²) >= 11 is 7.57. The molecule has 2 aromatic rings. The van der Waals surface area contributed by atoms with E-state index >= 15 is 0 Å². The highest BCUT2D eigenvalue weighted by Crippen LogP contribution is 2.37.